The molecular weight excluding hydrogens is 647 g/mol. The first-order valence-corrected chi connectivity index (χ1v) is 20.7. The van der Waals surface area contributed by atoms with Gasteiger partial charge in [0.15, 0.2) is 0 Å². The van der Waals surface area contributed by atoms with Crippen LogP contribution in [0.3, 0.4) is 0 Å². The van der Waals surface area contributed by atoms with Gasteiger partial charge in [-0.05, 0) is 62.3 Å². The Morgan fingerprint density at radius 3 is 1.26 bits per heavy atom. The molecule has 0 bridgehead atoms. The van der Waals surface area contributed by atoms with Gasteiger partial charge >= 0.3 is 37.9 Å². The number of hydrogen-bond donors (Lipinski definition) is 0. The Kier molecular flexibility index (Phi) is 8.78. The van der Waals surface area contributed by atoms with Crippen molar-refractivity contribution in [1.29, 1.82) is 0 Å². The second kappa shape index (κ2) is 12.7. The molecule has 43 heavy (non-hydrogen) atoms. The van der Waals surface area contributed by atoms with E-state index in [4.69, 9.17) is 17.0 Å². The van der Waals surface area contributed by atoms with Gasteiger partial charge in [0.1, 0.15) is 0 Å². The van der Waals surface area contributed by atoms with Crippen LogP contribution in [-0.4, -0.2) is 9.13 Å². The first kappa shape index (κ1) is 29.7. The molecule has 8 rings (SSSR count). The fourth-order valence-electron chi connectivity index (χ4n) is 6.25. The molecule has 2 nitrogen and oxygen atoms in total. The number of benzene rings is 4. The summed E-state index contributed by atoms with van der Waals surface area (Å²) in [5, 5.41) is 7.90. The molecule has 0 aliphatic carbocycles. The standard InChI is InChI=1S/2C19H16N.2ClH.Zr/c2*1-13-14(2)20(19-10-6-5-9-18(13)19)17-11-15-7-3-4-8-16(15)12-17;;;/h2*3-12H,1-2H3;2*1H;/q2*-1;;;+4/p-2. The summed E-state index contributed by atoms with van der Waals surface area (Å²) in [5.41, 5.74) is 10.5. The summed E-state index contributed by atoms with van der Waals surface area (Å²) < 4.78 is 4.73. The van der Waals surface area contributed by atoms with Gasteiger partial charge < -0.3 is 9.13 Å². The molecule has 0 fully saturated rings. The average molecular weight is 679 g/mol. The Morgan fingerprint density at radius 1 is 0.512 bits per heavy atom. The molecule has 0 unspecified atom stereocenters. The van der Waals surface area contributed by atoms with Crippen LogP contribution in [0.15, 0.2) is 121 Å². The summed E-state index contributed by atoms with van der Waals surface area (Å²) in [5.74, 6) is 0. The first-order valence-electron chi connectivity index (χ1n) is 14.3. The molecule has 8 aromatic rings. The summed E-state index contributed by atoms with van der Waals surface area (Å²) >= 11 is -0.826. The van der Waals surface area contributed by atoms with Crippen molar-refractivity contribution in [2.45, 2.75) is 27.7 Å². The number of halogens is 2. The van der Waals surface area contributed by atoms with Crippen molar-refractivity contribution in [3.63, 3.8) is 0 Å². The Morgan fingerprint density at radius 2 is 0.860 bits per heavy atom. The second-order valence-electron chi connectivity index (χ2n) is 10.9. The zero-order valence-electron chi connectivity index (χ0n) is 24.7. The van der Waals surface area contributed by atoms with Crippen LogP contribution in [0.2, 0.25) is 0 Å². The molecule has 5 heteroatoms. The minimum absolute atomic E-state index is 0.826. The summed E-state index contributed by atoms with van der Waals surface area (Å²) in [6, 6.07) is 43.4. The molecule has 0 atom stereocenters. The van der Waals surface area contributed by atoms with Crippen LogP contribution in [-0.2, 0) is 20.8 Å². The fraction of sp³-hybridized carbons (Fsp3) is 0.105. The zero-order valence-corrected chi connectivity index (χ0v) is 28.7. The van der Waals surface area contributed by atoms with Gasteiger partial charge in [-0.3, -0.25) is 0 Å². The molecule has 0 N–H and O–H groups in total. The third-order valence-electron chi connectivity index (χ3n) is 8.58. The molecule has 0 saturated carbocycles. The number of para-hydroxylation sites is 2. The van der Waals surface area contributed by atoms with Gasteiger partial charge in [-0.1, -0.05) is 48.5 Å². The van der Waals surface area contributed by atoms with Crippen molar-refractivity contribution < 1.29 is 20.8 Å². The fourth-order valence-corrected chi connectivity index (χ4v) is 6.25. The molecule has 0 aliphatic heterocycles. The van der Waals surface area contributed by atoms with E-state index in [1.165, 1.54) is 77.2 Å². The maximum absolute atomic E-state index is 4.93. The van der Waals surface area contributed by atoms with E-state index >= 15 is 0 Å². The summed E-state index contributed by atoms with van der Waals surface area (Å²) in [7, 11) is 9.87. The van der Waals surface area contributed by atoms with Gasteiger partial charge in [0.2, 0.25) is 0 Å². The van der Waals surface area contributed by atoms with Crippen LogP contribution in [0, 0.1) is 27.7 Å². The van der Waals surface area contributed by atoms with Crippen LogP contribution in [0.25, 0.3) is 54.7 Å². The van der Waals surface area contributed by atoms with Crippen molar-refractivity contribution in [3.8, 4) is 11.4 Å². The van der Waals surface area contributed by atoms with Crippen molar-refractivity contribution in [2.75, 3.05) is 0 Å². The van der Waals surface area contributed by atoms with E-state index in [1.54, 1.807) is 0 Å². The predicted molar refractivity (Wildman–Crippen MR) is 183 cm³/mol. The Bertz CT molecular complexity index is 1970. The van der Waals surface area contributed by atoms with Crippen LogP contribution < -0.4 is 0 Å². The van der Waals surface area contributed by atoms with Gasteiger partial charge in [-0.25, -0.2) is 0 Å². The van der Waals surface area contributed by atoms with E-state index in [0.717, 1.165) is 0 Å². The number of rotatable bonds is 2. The van der Waals surface area contributed by atoms with E-state index in [-0.39, 0.29) is 0 Å². The Hall–Kier alpha value is -3.36. The summed E-state index contributed by atoms with van der Waals surface area (Å²) in [6.07, 6.45) is 0. The molecule has 2 aromatic heterocycles. The summed E-state index contributed by atoms with van der Waals surface area (Å²) in [4.78, 5) is 0. The van der Waals surface area contributed by atoms with Crippen molar-refractivity contribution in [2.24, 2.45) is 0 Å². The third-order valence-corrected chi connectivity index (χ3v) is 8.58. The molecule has 2 heterocycles. The van der Waals surface area contributed by atoms with Crippen molar-refractivity contribution in [1.82, 2.24) is 9.13 Å². The molecule has 0 radical (unpaired) electrons. The van der Waals surface area contributed by atoms with Crippen LogP contribution in [0.5, 0.6) is 0 Å². The molecule has 0 amide bonds. The van der Waals surface area contributed by atoms with Gasteiger partial charge in [0, 0.05) is 22.2 Å². The second-order valence-corrected chi connectivity index (χ2v) is 14.6. The number of hydrogen-bond acceptors (Lipinski definition) is 0. The normalized spacial score (nSPS) is 10.9. The SMILES string of the molecule is Cc1c(C)n(-c2cc3ccccc3[cH-]2)c2ccccc12.Cc1c(C)n(-c2cc3ccccc3[cH-]2)c2ccccc12.[Cl][Zr+2][Cl]. The van der Waals surface area contributed by atoms with E-state index in [2.05, 4.69) is 158 Å². The van der Waals surface area contributed by atoms with E-state index in [1.807, 2.05) is 0 Å². The molecular formula is C38H32Cl2N2Zr. The number of aromatic nitrogens is 2. The molecule has 6 aromatic carbocycles. The first-order chi connectivity index (χ1) is 20.9. The van der Waals surface area contributed by atoms with E-state index < -0.39 is 20.8 Å². The number of nitrogens with zero attached hydrogens (tertiary/aromatic N) is 2. The maximum atomic E-state index is 4.93. The quantitative estimate of drug-likeness (QED) is 0.161. The van der Waals surface area contributed by atoms with Crippen LogP contribution in [0.1, 0.15) is 22.5 Å². The molecule has 0 spiro atoms. The molecule has 0 saturated heterocycles. The van der Waals surface area contributed by atoms with Gasteiger partial charge in [0.05, 0.1) is 11.0 Å². The monoisotopic (exact) mass is 676 g/mol. The Balaban J connectivity index is 0.000000141. The molecule has 212 valence electrons. The Labute approximate surface area is 271 Å². The molecule has 0 aliphatic rings. The van der Waals surface area contributed by atoms with Crippen molar-refractivity contribution in [3.05, 3.63) is 144 Å². The van der Waals surface area contributed by atoms with Gasteiger partial charge in [-0.15, -0.1) is 82.2 Å². The van der Waals surface area contributed by atoms with Gasteiger partial charge in [-0.2, -0.15) is 0 Å². The van der Waals surface area contributed by atoms with Gasteiger partial charge in [0.25, 0.3) is 0 Å². The van der Waals surface area contributed by atoms with Crippen LogP contribution in [0.4, 0.5) is 0 Å². The summed E-state index contributed by atoms with van der Waals surface area (Å²) in [6.45, 7) is 8.81. The third kappa shape index (κ3) is 5.56. The number of aryl methyl sites for hydroxylation is 2. The van der Waals surface area contributed by atoms with Crippen LogP contribution >= 0.6 is 17.0 Å². The zero-order chi connectivity index (χ0) is 30.1. The van der Waals surface area contributed by atoms with E-state index in [9.17, 15) is 0 Å². The van der Waals surface area contributed by atoms with E-state index in [0.29, 0.717) is 0 Å². The number of fused-ring (bicyclic) bond motifs is 4. The topological polar surface area (TPSA) is 9.86 Å². The predicted octanol–water partition coefficient (Wildman–Crippen LogP) is 11.6. The minimum atomic E-state index is -0.826. The van der Waals surface area contributed by atoms with Crippen molar-refractivity contribution >= 4 is 60.4 Å². The average Bonchev–Trinajstić information content (AvgIpc) is 3.76.